The van der Waals surface area contributed by atoms with Crippen LogP contribution in [0.1, 0.15) is 11.7 Å². The fourth-order valence-electron chi connectivity index (χ4n) is 2.15. The van der Waals surface area contributed by atoms with Crippen LogP contribution in [0.4, 0.5) is 11.4 Å². The highest BCUT2D eigenvalue weighted by molar-refractivity contribution is 5.97. The number of amides is 1. The minimum atomic E-state index is -0.487. The number of nitro groups is 1. The number of hydrogen-bond acceptors (Lipinski definition) is 5. The second-order valence-corrected chi connectivity index (χ2v) is 4.16. The monoisotopic (exact) mass is 266 g/mol. The van der Waals surface area contributed by atoms with Gasteiger partial charge in [-0.05, 0) is 6.07 Å². The van der Waals surface area contributed by atoms with Crippen molar-refractivity contribution in [2.45, 2.75) is 6.10 Å². The number of hydrogen-bond donors (Lipinski definition) is 0. The summed E-state index contributed by atoms with van der Waals surface area (Å²) in [7, 11) is 2.97. The molecule has 0 aromatic heterocycles. The van der Waals surface area contributed by atoms with Crippen molar-refractivity contribution in [3.05, 3.63) is 33.9 Å². The summed E-state index contributed by atoms with van der Waals surface area (Å²) in [5, 5.41) is 10.8. The van der Waals surface area contributed by atoms with Gasteiger partial charge in [0.2, 0.25) is 0 Å². The van der Waals surface area contributed by atoms with Crippen LogP contribution in [-0.4, -0.2) is 38.2 Å². The van der Waals surface area contributed by atoms with Gasteiger partial charge in [-0.3, -0.25) is 14.9 Å². The molecule has 0 spiro atoms. The molecule has 7 heteroatoms. The number of ether oxygens (including phenoxy) is 2. The minimum Gasteiger partial charge on any atom is -0.375 e. The number of methoxy groups -OCH3 is 2. The van der Waals surface area contributed by atoms with E-state index in [1.165, 1.54) is 24.1 Å². The van der Waals surface area contributed by atoms with E-state index in [0.717, 1.165) is 5.56 Å². The largest absolute Gasteiger partial charge is 0.375 e. The Kier molecular flexibility index (Phi) is 3.77. The minimum absolute atomic E-state index is 0.0503. The van der Waals surface area contributed by atoms with Crippen molar-refractivity contribution in [3.8, 4) is 0 Å². The molecule has 1 heterocycles. The van der Waals surface area contributed by atoms with Gasteiger partial charge in [-0.2, -0.15) is 0 Å². The highest BCUT2D eigenvalue weighted by Gasteiger charge is 2.33. The molecule has 0 fully saturated rings. The van der Waals surface area contributed by atoms with Gasteiger partial charge in [0, 0.05) is 31.9 Å². The van der Waals surface area contributed by atoms with Crippen LogP contribution in [0.25, 0.3) is 0 Å². The fraction of sp³-hybridized carbons (Fsp3) is 0.417. The number of anilines is 1. The maximum atomic E-state index is 11.9. The number of carbonyl (C=O) groups excluding carboxylic acids is 1. The average molecular weight is 266 g/mol. The predicted molar refractivity (Wildman–Crippen MR) is 67.1 cm³/mol. The van der Waals surface area contributed by atoms with Crippen LogP contribution in [0.3, 0.4) is 0 Å². The van der Waals surface area contributed by atoms with E-state index in [2.05, 4.69) is 0 Å². The van der Waals surface area contributed by atoms with Gasteiger partial charge < -0.3 is 14.4 Å². The lowest BCUT2D eigenvalue weighted by atomic mass is 10.1. The predicted octanol–water partition coefficient (Wildman–Crippen LogP) is 1.28. The lowest BCUT2D eigenvalue weighted by molar-refractivity contribution is -0.384. The standard InChI is InChI=1S/C12H14N2O5/c1-18-7-12(15)13-6-11(19-2)9-4-3-8(14(16)17)5-10(9)13/h3-5,11H,6-7H2,1-2H3. The zero-order valence-electron chi connectivity index (χ0n) is 10.7. The van der Waals surface area contributed by atoms with Crippen molar-refractivity contribution in [1.29, 1.82) is 0 Å². The molecule has 102 valence electrons. The molecular weight excluding hydrogens is 252 g/mol. The summed E-state index contributed by atoms with van der Waals surface area (Å²) >= 11 is 0. The Balaban J connectivity index is 2.40. The Morgan fingerprint density at radius 2 is 2.26 bits per heavy atom. The van der Waals surface area contributed by atoms with Gasteiger partial charge in [-0.1, -0.05) is 0 Å². The number of carbonyl (C=O) groups is 1. The Labute approximate surface area is 109 Å². The van der Waals surface area contributed by atoms with Crippen molar-refractivity contribution in [2.75, 3.05) is 32.3 Å². The Bertz CT molecular complexity index is 517. The van der Waals surface area contributed by atoms with Gasteiger partial charge in [0.05, 0.1) is 17.2 Å². The molecule has 0 bridgehead atoms. The second kappa shape index (κ2) is 5.33. The van der Waals surface area contributed by atoms with Crippen LogP contribution in [0.2, 0.25) is 0 Å². The molecule has 7 nitrogen and oxygen atoms in total. The first kappa shape index (κ1) is 13.4. The number of nitro benzene ring substituents is 1. The van der Waals surface area contributed by atoms with E-state index in [4.69, 9.17) is 9.47 Å². The molecule has 0 N–H and O–H groups in total. The maximum Gasteiger partial charge on any atom is 0.271 e. The quantitative estimate of drug-likeness (QED) is 0.605. The fourth-order valence-corrected chi connectivity index (χ4v) is 2.15. The van der Waals surface area contributed by atoms with E-state index in [1.807, 2.05) is 0 Å². The second-order valence-electron chi connectivity index (χ2n) is 4.16. The average Bonchev–Trinajstić information content (AvgIpc) is 2.76. The van der Waals surface area contributed by atoms with Crippen LogP contribution in [0, 0.1) is 10.1 Å². The van der Waals surface area contributed by atoms with Gasteiger partial charge in [0.1, 0.15) is 12.7 Å². The SMILES string of the molecule is COCC(=O)N1CC(OC)c2ccc([N+](=O)[O-])cc21. The first-order chi connectivity index (χ1) is 9.08. The van der Waals surface area contributed by atoms with Gasteiger partial charge in [-0.15, -0.1) is 0 Å². The summed E-state index contributed by atoms with van der Waals surface area (Å²) < 4.78 is 10.1. The molecule has 19 heavy (non-hydrogen) atoms. The van der Waals surface area contributed by atoms with Crippen molar-refractivity contribution < 1.29 is 19.2 Å². The molecule has 0 aliphatic carbocycles. The van der Waals surface area contributed by atoms with Crippen LogP contribution in [0.5, 0.6) is 0 Å². The highest BCUT2D eigenvalue weighted by Crippen LogP contribution is 2.38. The maximum absolute atomic E-state index is 11.9. The molecule has 1 unspecified atom stereocenters. The first-order valence-corrected chi connectivity index (χ1v) is 5.69. The number of nitrogens with zero attached hydrogens (tertiary/aromatic N) is 2. The molecule has 0 radical (unpaired) electrons. The van der Waals surface area contributed by atoms with Gasteiger partial charge >= 0.3 is 0 Å². The van der Waals surface area contributed by atoms with Crippen molar-refractivity contribution in [3.63, 3.8) is 0 Å². The Morgan fingerprint density at radius 3 is 2.84 bits per heavy atom. The molecule has 1 aromatic carbocycles. The third kappa shape index (κ3) is 2.42. The molecule has 1 aromatic rings. The third-order valence-corrected chi connectivity index (χ3v) is 3.06. The Morgan fingerprint density at radius 1 is 1.53 bits per heavy atom. The summed E-state index contributed by atoms with van der Waals surface area (Å²) in [6, 6.07) is 4.43. The summed E-state index contributed by atoms with van der Waals surface area (Å²) in [5.74, 6) is -0.246. The smallest absolute Gasteiger partial charge is 0.271 e. The van der Waals surface area contributed by atoms with Crippen LogP contribution in [0.15, 0.2) is 18.2 Å². The van der Waals surface area contributed by atoms with E-state index in [1.54, 1.807) is 13.2 Å². The van der Waals surface area contributed by atoms with Crippen LogP contribution >= 0.6 is 0 Å². The molecular formula is C12H14N2O5. The van der Waals surface area contributed by atoms with Crippen LogP contribution in [-0.2, 0) is 14.3 Å². The lowest BCUT2D eigenvalue weighted by Gasteiger charge is -2.16. The van der Waals surface area contributed by atoms with E-state index >= 15 is 0 Å². The summed E-state index contributed by atoms with van der Waals surface area (Å²) in [6.45, 7) is 0.272. The van der Waals surface area contributed by atoms with Gasteiger partial charge in [0.15, 0.2) is 0 Å². The summed E-state index contributed by atoms with van der Waals surface area (Å²) in [4.78, 5) is 23.7. The number of rotatable bonds is 4. The lowest BCUT2D eigenvalue weighted by Crippen LogP contribution is -2.33. The van der Waals surface area contributed by atoms with Crippen molar-refractivity contribution in [2.24, 2.45) is 0 Å². The molecule has 0 saturated carbocycles. The zero-order chi connectivity index (χ0) is 14.0. The third-order valence-electron chi connectivity index (χ3n) is 3.06. The van der Waals surface area contributed by atoms with Crippen molar-refractivity contribution in [1.82, 2.24) is 0 Å². The summed E-state index contributed by atoms with van der Waals surface area (Å²) in [5.41, 5.74) is 1.24. The summed E-state index contributed by atoms with van der Waals surface area (Å²) in [6.07, 6.45) is -0.267. The van der Waals surface area contributed by atoms with E-state index in [9.17, 15) is 14.9 Å². The normalized spacial score (nSPS) is 17.4. The number of fused-ring (bicyclic) bond motifs is 1. The van der Waals surface area contributed by atoms with E-state index < -0.39 is 4.92 Å². The molecule has 1 amide bonds. The molecule has 1 aliphatic rings. The van der Waals surface area contributed by atoms with E-state index in [0.29, 0.717) is 12.2 Å². The van der Waals surface area contributed by atoms with Gasteiger partial charge in [-0.25, -0.2) is 0 Å². The van der Waals surface area contributed by atoms with Crippen LogP contribution < -0.4 is 4.90 Å². The Hall–Kier alpha value is -1.99. The molecule has 2 rings (SSSR count). The van der Waals surface area contributed by atoms with Gasteiger partial charge in [0.25, 0.3) is 11.6 Å². The number of non-ortho nitro benzene ring substituents is 1. The molecule has 1 aliphatic heterocycles. The molecule has 1 atom stereocenters. The first-order valence-electron chi connectivity index (χ1n) is 5.69. The zero-order valence-corrected chi connectivity index (χ0v) is 10.7. The van der Waals surface area contributed by atoms with Crippen molar-refractivity contribution >= 4 is 17.3 Å². The van der Waals surface area contributed by atoms with E-state index in [-0.39, 0.29) is 24.3 Å². The molecule has 0 saturated heterocycles. The number of benzene rings is 1. The topological polar surface area (TPSA) is 81.9 Å². The highest BCUT2D eigenvalue weighted by atomic mass is 16.6.